The average molecular weight is 230 g/mol. The van der Waals surface area contributed by atoms with E-state index in [1.807, 2.05) is 6.07 Å². The van der Waals surface area contributed by atoms with Crippen molar-refractivity contribution in [3.05, 3.63) is 35.9 Å². The van der Waals surface area contributed by atoms with Gasteiger partial charge in [-0.3, -0.25) is 4.79 Å². The molecule has 1 atom stereocenters. The summed E-state index contributed by atoms with van der Waals surface area (Å²) < 4.78 is 0. The Morgan fingerprint density at radius 1 is 1.12 bits per heavy atom. The minimum absolute atomic E-state index is 0.120. The smallest absolute Gasteiger partial charge is 0.136 e. The van der Waals surface area contributed by atoms with Crippen molar-refractivity contribution in [3.63, 3.8) is 0 Å². The molecule has 2 aliphatic carbocycles. The number of hydrogen-bond acceptors (Lipinski definition) is 2. The van der Waals surface area contributed by atoms with Crippen molar-refractivity contribution in [1.82, 2.24) is 0 Å². The molecule has 90 valence electrons. The lowest BCUT2D eigenvalue weighted by Crippen LogP contribution is -2.44. The van der Waals surface area contributed by atoms with E-state index in [1.54, 1.807) is 0 Å². The van der Waals surface area contributed by atoms with Crippen LogP contribution in [0.5, 0.6) is 0 Å². The van der Waals surface area contributed by atoms with Gasteiger partial charge in [0, 0.05) is 12.8 Å². The Hall–Kier alpha value is -1.15. The van der Waals surface area contributed by atoms with Gasteiger partial charge in [0.25, 0.3) is 0 Å². The molecule has 1 unspecified atom stereocenters. The molecule has 0 aromatic heterocycles. The number of benzene rings is 1. The molecule has 1 aromatic rings. The Bertz CT molecular complexity index is 418. The molecule has 1 spiro atoms. The standard InChI is InChI=1S/C15H18O2/c16-13-6-14(17)10-15(9-13)7-12(8-15)11-4-2-1-3-5-11/h1-5,12-13,16H,6-10H2. The van der Waals surface area contributed by atoms with E-state index in [2.05, 4.69) is 24.3 Å². The monoisotopic (exact) mass is 230 g/mol. The first-order chi connectivity index (χ1) is 8.17. The fourth-order valence-corrected chi connectivity index (χ4v) is 3.65. The predicted octanol–water partition coefficient (Wildman–Crippen LogP) is 2.66. The summed E-state index contributed by atoms with van der Waals surface area (Å²) in [4.78, 5) is 11.6. The number of Topliss-reactive ketones (excluding diaryl/α,β-unsaturated/α-hetero) is 1. The van der Waals surface area contributed by atoms with E-state index in [-0.39, 0.29) is 11.2 Å². The van der Waals surface area contributed by atoms with Crippen LogP contribution in [-0.2, 0) is 4.79 Å². The second kappa shape index (κ2) is 3.95. The van der Waals surface area contributed by atoms with Crippen LogP contribution in [0.4, 0.5) is 0 Å². The maximum Gasteiger partial charge on any atom is 0.136 e. The summed E-state index contributed by atoms with van der Waals surface area (Å²) in [5.41, 5.74) is 1.50. The van der Waals surface area contributed by atoms with Crippen molar-refractivity contribution in [2.75, 3.05) is 0 Å². The SMILES string of the molecule is O=C1CC(O)CC2(C1)CC(c1ccccc1)C2. The lowest BCUT2D eigenvalue weighted by atomic mass is 9.54. The lowest BCUT2D eigenvalue weighted by molar-refractivity contribution is -0.132. The molecule has 2 aliphatic rings. The Kier molecular flexibility index (Phi) is 2.55. The van der Waals surface area contributed by atoms with Gasteiger partial charge in [-0.05, 0) is 36.2 Å². The summed E-state index contributed by atoms with van der Waals surface area (Å²) in [7, 11) is 0. The minimum Gasteiger partial charge on any atom is -0.393 e. The summed E-state index contributed by atoms with van der Waals surface area (Å²) in [6.07, 6.45) is 3.63. The summed E-state index contributed by atoms with van der Waals surface area (Å²) in [5, 5.41) is 9.72. The molecule has 0 saturated heterocycles. The van der Waals surface area contributed by atoms with Crippen LogP contribution >= 0.6 is 0 Å². The molecular formula is C15H18O2. The summed E-state index contributed by atoms with van der Waals surface area (Å²) in [5.74, 6) is 0.838. The van der Waals surface area contributed by atoms with Crippen molar-refractivity contribution < 1.29 is 9.90 Å². The van der Waals surface area contributed by atoms with E-state index in [1.165, 1.54) is 5.56 Å². The zero-order valence-corrected chi connectivity index (χ0v) is 9.93. The van der Waals surface area contributed by atoms with Gasteiger partial charge in [-0.1, -0.05) is 30.3 Å². The predicted molar refractivity (Wildman–Crippen MR) is 65.7 cm³/mol. The Balaban J connectivity index is 1.69. The zero-order chi connectivity index (χ0) is 11.9. The van der Waals surface area contributed by atoms with Crippen molar-refractivity contribution >= 4 is 5.78 Å². The Morgan fingerprint density at radius 3 is 2.47 bits per heavy atom. The molecule has 0 aliphatic heterocycles. The second-order valence-corrected chi connectivity index (χ2v) is 5.79. The van der Waals surface area contributed by atoms with Crippen LogP contribution in [0, 0.1) is 5.41 Å². The molecule has 2 fully saturated rings. The molecule has 2 saturated carbocycles. The van der Waals surface area contributed by atoms with Crippen molar-refractivity contribution in [3.8, 4) is 0 Å². The molecule has 1 N–H and O–H groups in total. The van der Waals surface area contributed by atoms with Crippen molar-refractivity contribution in [2.45, 2.75) is 44.1 Å². The van der Waals surface area contributed by atoms with E-state index < -0.39 is 6.10 Å². The van der Waals surface area contributed by atoms with Gasteiger partial charge >= 0.3 is 0 Å². The lowest BCUT2D eigenvalue weighted by Gasteiger charge is -2.51. The number of carbonyl (C=O) groups excluding carboxylic acids is 1. The van der Waals surface area contributed by atoms with E-state index in [0.717, 1.165) is 19.3 Å². The molecule has 2 nitrogen and oxygen atoms in total. The highest BCUT2D eigenvalue weighted by Gasteiger charge is 2.49. The highest BCUT2D eigenvalue weighted by atomic mass is 16.3. The van der Waals surface area contributed by atoms with Gasteiger partial charge in [0.05, 0.1) is 6.10 Å². The fourth-order valence-electron chi connectivity index (χ4n) is 3.65. The van der Waals surface area contributed by atoms with Crippen molar-refractivity contribution in [2.24, 2.45) is 5.41 Å². The van der Waals surface area contributed by atoms with Gasteiger partial charge in [0.2, 0.25) is 0 Å². The van der Waals surface area contributed by atoms with Crippen LogP contribution in [0.1, 0.15) is 43.6 Å². The van der Waals surface area contributed by atoms with Crippen LogP contribution in [0.3, 0.4) is 0 Å². The van der Waals surface area contributed by atoms with E-state index in [0.29, 0.717) is 18.8 Å². The van der Waals surface area contributed by atoms with Gasteiger partial charge in [-0.2, -0.15) is 0 Å². The molecular weight excluding hydrogens is 212 g/mol. The van der Waals surface area contributed by atoms with Crippen LogP contribution in [0.2, 0.25) is 0 Å². The molecule has 1 aromatic carbocycles. The number of aliphatic hydroxyl groups excluding tert-OH is 1. The highest BCUT2D eigenvalue weighted by molar-refractivity contribution is 5.80. The molecule has 0 amide bonds. The maximum atomic E-state index is 11.6. The third-order valence-corrected chi connectivity index (χ3v) is 4.33. The highest BCUT2D eigenvalue weighted by Crippen LogP contribution is 2.57. The van der Waals surface area contributed by atoms with Gasteiger partial charge < -0.3 is 5.11 Å². The van der Waals surface area contributed by atoms with E-state index in [4.69, 9.17) is 0 Å². The fraction of sp³-hybridized carbons (Fsp3) is 0.533. The third-order valence-electron chi connectivity index (χ3n) is 4.33. The normalized spacial score (nSPS) is 36.9. The number of aliphatic hydroxyl groups is 1. The largest absolute Gasteiger partial charge is 0.393 e. The quantitative estimate of drug-likeness (QED) is 0.805. The molecule has 3 rings (SSSR count). The van der Waals surface area contributed by atoms with Gasteiger partial charge in [-0.25, -0.2) is 0 Å². The number of rotatable bonds is 1. The third kappa shape index (κ3) is 2.02. The zero-order valence-electron chi connectivity index (χ0n) is 9.93. The van der Waals surface area contributed by atoms with E-state index >= 15 is 0 Å². The van der Waals surface area contributed by atoms with Crippen LogP contribution < -0.4 is 0 Å². The molecule has 17 heavy (non-hydrogen) atoms. The molecule has 2 heteroatoms. The minimum atomic E-state index is -0.395. The number of hydrogen-bond donors (Lipinski definition) is 1. The van der Waals surface area contributed by atoms with Crippen molar-refractivity contribution in [1.29, 1.82) is 0 Å². The Morgan fingerprint density at radius 2 is 1.82 bits per heavy atom. The summed E-state index contributed by atoms with van der Waals surface area (Å²) in [6.45, 7) is 0. The first-order valence-electron chi connectivity index (χ1n) is 6.42. The molecule has 0 bridgehead atoms. The average Bonchev–Trinajstić information content (AvgIpc) is 2.25. The van der Waals surface area contributed by atoms with Crippen LogP contribution in [0.25, 0.3) is 0 Å². The molecule has 0 radical (unpaired) electrons. The second-order valence-electron chi connectivity index (χ2n) is 5.79. The van der Waals surface area contributed by atoms with Gasteiger partial charge in [0.15, 0.2) is 0 Å². The van der Waals surface area contributed by atoms with Crippen LogP contribution in [0.15, 0.2) is 30.3 Å². The first kappa shape index (κ1) is 11.0. The maximum absolute atomic E-state index is 11.6. The van der Waals surface area contributed by atoms with Gasteiger partial charge in [-0.15, -0.1) is 0 Å². The summed E-state index contributed by atoms with van der Waals surface area (Å²) >= 11 is 0. The number of carbonyl (C=O) groups is 1. The summed E-state index contributed by atoms with van der Waals surface area (Å²) in [6, 6.07) is 10.5. The number of ketones is 1. The van der Waals surface area contributed by atoms with Gasteiger partial charge in [0.1, 0.15) is 5.78 Å². The molecule has 0 heterocycles. The Labute approximate surface area is 102 Å². The van der Waals surface area contributed by atoms with Crippen LogP contribution in [-0.4, -0.2) is 17.0 Å². The van der Waals surface area contributed by atoms with E-state index in [9.17, 15) is 9.90 Å². The first-order valence-corrected chi connectivity index (χ1v) is 6.42. The topological polar surface area (TPSA) is 37.3 Å².